The van der Waals surface area contributed by atoms with Crippen LogP contribution in [0, 0.1) is 0 Å². The van der Waals surface area contributed by atoms with E-state index >= 15 is 0 Å². The van der Waals surface area contributed by atoms with E-state index in [-0.39, 0.29) is 10.6 Å². The molecule has 0 aliphatic rings. The first-order valence-electron chi connectivity index (χ1n) is 7.42. The summed E-state index contributed by atoms with van der Waals surface area (Å²) in [5.41, 5.74) is 2.28. The SMILES string of the molecule is O=c1[nH]c2c(O)ccc(C(O)CNCCc3ccccc3)c2s1. The molecule has 3 rings (SSSR count). The van der Waals surface area contributed by atoms with E-state index < -0.39 is 6.10 Å². The summed E-state index contributed by atoms with van der Waals surface area (Å²) in [6.07, 6.45) is 0.149. The fourth-order valence-electron chi connectivity index (χ4n) is 2.53. The number of rotatable bonds is 6. The first-order chi connectivity index (χ1) is 11.1. The molecule has 1 atom stereocenters. The molecule has 0 fully saturated rings. The highest BCUT2D eigenvalue weighted by molar-refractivity contribution is 7.16. The Bertz CT molecular complexity index is 842. The first kappa shape index (κ1) is 15.7. The third-order valence-corrected chi connectivity index (χ3v) is 4.65. The number of H-pyrrole nitrogens is 1. The Morgan fingerprint density at radius 1 is 1.17 bits per heavy atom. The first-order valence-corrected chi connectivity index (χ1v) is 8.24. The van der Waals surface area contributed by atoms with E-state index in [2.05, 4.69) is 22.4 Å². The molecule has 5 nitrogen and oxygen atoms in total. The Hall–Kier alpha value is -2.15. The molecule has 23 heavy (non-hydrogen) atoms. The monoisotopic (exact) mass is 330 g/mol. The molecule has 0 bridgehead atoms. The molecule has 0 radical (unpaired) electrons. The van der Waals surface area contributed by atoms with E-state index in [1.807, 2.05) is 18.2 Å². The summed E-state index contributed by atoms with van der Waals surface area (Å²) in [6, 6.07) is 13.3. The van der Waals surface area contributed by atoms with Crippen LogP contribution in [-0.2, 0) is 6.42 Å². The molecule has 0 spiro atoms. The maximum absolute atomic E-state index is 11.5. The Morgan fingerprint density at radius 3 is 2.74 bits per heavy atom. The van der Waals surface area contributed by atoms with E-state index in [1.165, 1.54) is 11.6 Å². The molecule has 0 saturated heterocycles. The molecule has 1 heterocycles. The molecule has 0 aliphatic carbocycles. The van der Waals surface area contributed by atoms with E-state index in [9.17, 15) is 15.0 Å². The lowest BCUT2D eigenvalue weighted by Gasteiger charge is -2.13. The Balaban J connectivity index is 1.63. The number of phenolic OH excluding ortho intramolecular Hbond substituents is 1. The second kappa shape index (κ2) is 6.95. The van der Waals surface area contributed by atoms with Crippen LogP contribution in [0.25, 0.3) is 10.2 Å². The van der Waals surface area contributed by atoms with Crippen molar-refractivity contribution in [3.63, 3.8) is 0 Å². The number of aliphatic hydroxyl groups excluding tert-OH is 1. The van der Waals surface area contributed by atoms with Gasteiger partial charge in [-0.2, -0.15) is 0 Å². The van der Waals surface area contributed by atoms with E-state index in [4.69, 9.17) is 0 Å². The average molecular weight is 330 g/mol. The second-order valence-corrected chi connectivity index (χ2v) is 6.33. The van der Waals surface area contributed by atoms with Gasteiger partial charge in [-0.05, 0) is 24.6 Å². The van der Waals surface area contributed by atoms with Gasteiger partial charge in [0.05, 0.1) is 10.8 Å². The standard InChI is InChI=1S/C17H18N2O3S/c20-13-7-6-12(16-15(13)19-17(22)23-16)14(21)10-18-9-8-11-4-2-1-3-5-11/h1-7,14,18,20-21H,8-10H2,(H,19,22). The minimum atomic E-state index is -0.736. The lowest BCUT2D eigenvalue weighted by molar-refractivity contribution is 0.177. The van der Waals surface area contributed by atoms with E-state index in [0.717, 1.165) is 24.3 Å². The lowest BCUT2D eigenvalue weighted by Crippen LogP contribution is -2.23. The van der Waals surface area contributed by atoms with Gasteiger partial charge in [0.2, 0.25) is 0 Å². The van der Waals surface area contributed by atoms with Crippen LogP contribution < -0.4 is 10.2 Å². The van der Waals surface area contributed by atoms with Gasteiger partial charge in [-0.25, -0.2) is 0 Å². The molecular weight excluding hydrogens is 312 g/mol. The Morgan fingerprint density at radius 2 is 1.96 bits per heavy atom. The summed E-state index contributed by atoms with van der Waals surface area (Å²) >= 11 is 0.998. The maximum Gasteiger partial charge on any atom is 0.305 e. The summed E-state index contributed by atoms with van der Waals surface area (Å²) in [4.78, 5) is 13.8. The van der Waals surface area contributed by atoms with Crippen molar-refractivity contribution in [1.82, 2.24) is 10.3 Å². The maximum atomic E-state index is 11.5. The minimum Gasteiger partial charge on any atom is -0.506 e. The van der Waals surface area contributed by atoms with Gasteiger partial charge in [-0.3, -0.25) is 4.79 Å². The number of phenols is 1. The number of aromatic nitrogens is 1. The van der Waals surface area contributed by atoms with Crippen LogP contribution in [0.15, 0.2) is 47.3 Å². The summed E-state index contributed by atoms with van der Waals surface area (Å²) < 4.78 is 0.604. The number of nitrogens with one attached hydrogen (secondary N) is 2. The van der Waals surface area contributed by atoms with Crippen molar-refractivity contribution >= 4 is 21.6 Å². The fraction of sp³-hybridized carbons (Fsp3) is 0.235. The molecule has 1 unspecified atom stereocenters. The second-order valence-electron chi connectivity index (χ2n) is 5.35. The van der Waals surface area contributed by atoms with Crippen molar-refractivity contribution in [1.29, 1.82) is 0 Å². The van der Waals surface area contributed by atoms with Gasteiger partial charge in [0.15, 0.2) is 0 Å². The lowest BCUT2D eigenvalue weighted by atomic mass is 10.1. The summed E-state index contributed by atoms with van der Waals surface area (Å²) in [5.74, 6) is 0.0198. The number of hydrogen-bond donors (Lipinski definition) is 4. The van der Waals surface area contributed by atoms with Crippen LogP contribution in [0.1, 0.15) is 17.2 Å². The smallest absolute Gasteiger partial charge is 0.305 e. The number of thiazole rings is 1. The van der Waals surface area contributed by atoms with Gasteiger partial charge in [0.25, 0.3) is 0 Å². The third-order valence-electron chi connectivity index (χ3n) is 3.72. The third kappa shape index (κ3) is 3.61. The number of benzene rings is 2. The Labute approximate surface area is 137 Å². The Kier molecular flexibility index (Phi) is 4.76. The van der Waals surface area contributed by atoms with Crippen molar-refractivity contribution in [2.24, 2.45) is 0 Å². The molecule has 3 aromatic rings. The molecule has 0 aliphatic heterocycles. The molecule has 4 N–H and O–H groups in total. The highest BCUT2D eigenvalue weighted by atomic mass is 32.1. The zero-order chi connectivity index (χ0) is 16.2. The molecule has 0 saturated carbocycles. The highest BCUT2D eigenvalue weighted by Gasteiger charge is 2.15. The summed E-state index contributed by atoms with van der Waals surface area (Å²) in [6.45, 7) is 1.14. The molecule has 120 valence electrons. The van der Waals surface area contributed by atoms with Crippen molar-refractivity contribution in [3.8, 4) is 5.75 Å². The normalized spacial score (nSPS) is 12.6. The van der Waals surface area contributed by atoms with Crippen LogP contribution in [0.4, 0.5) is 0 Å². The molecule has 0 amide bonds. The van der Waals surface area contributed by atoms with Gasteiger partial charge in [-0.1, -0.05) is 47.7 Å². The van der Waals surface area contributed by atoms with E-state index in [0.29, 0.717) is 22.3 Å². The van der Waals surface area contributed by atoms with Gasteiger partial charge >= 0.3 is 4.87 Å². The predicted octanol–water partition coefficient (Wildman–Crippen LogP) is 2.16. The van der Waals surface area contributed by atoms with Gasteiger partial charge in [0, 0.05) is 12.1 Å². The van der Waals surface area contributed by atoms with Gasteiger partial charge in [-0.15, -0.1) is 0 Å². The molecular formula is C17H18N2O3S. The number of aromatic amines is 1. The molecule has 6 heteroatoms. The van der Waals surface area contributed by atoms with Crippen LogP contribution in [0.2, 0.25) is 0 Å². The zero-order valence-electron chi connectivity index (χ0n) is 12.5. The number of hydrogen-bond acceptors (Lipinski definition) is 5. The van der Waals surface area contributed by atoms with Crippen LogP contribution >= 0.6 is 11.3 Å². The van der Waals surface area contributed by atoms with Gasteiger partial charge < -0.3 is 20.5 Å². The number of fused-ring (bicyclic) bond motifs is 1. The molecule has 2 aromatic carbocycles. The average Bonchev–Trinajstić information content (AvgIpc) is 2.95. The highest BCUT2D eigenvalue weighted by Crippen LogP contribution is 2.31. The quantitative estimate of drug-likeness (QED) is 0.522. The van der Waals surface area contributed by atoms with Crippen molar-refractivity contribution in [2.45, 2.75) is 12.5 Å². The fourth-order valence-corrected chi connectivity index (χ4v) is 3.45. The van der Waals surface area contributed by atoms with E-state index in [1.54, 1.807) is 6.07 Å². The predicted molar refractivity (Wildman–Crippen MR) is 92.1 cm³/mol. The van der Waals surface area contributed by atoms with Crippen molar-refractivity contribution < 1.29 is 10.2 Å². The minimum absolute atomic E-state index is 0.0198. The summed E-state index contributed by atoms with van der Waals surface area (Å²) in [5, 5.41) is 23.4. The summed E-state index contributed by atoms with van der Waals surface area (Å²) in [7, 11) is 0. The number of aliphatic hydroxyl groups is 1. The number of aromatic hydroxyl groups is 1. The van der Waals surface area contributed by atoms with Crippen LogP contribution in [0.5, 0.6) is 5.75 Å². The zero-order valence-corrected chi connectivity index (χ0v) is 13.3. The topological polar surface area (TPSA) is 85.4 Å². The van der Waals surface area contributed by atoms with Gasteiger partial charge in [0.1, 0.15) is 11.3 Å². The van der Waals surface area contributed by atoms with Crippen molar-refractivity contribution in [3.05, 3.63) is 63.3 Å². The van der Waals surface area contributed by atoms with Crippen LogP contribution in [0.3, 0.4) is 0 Å². The van der Waals surface area contributed by atoms with Crippen molar-refractivity contribution in [2.75, 3.05) is 13.1 Å². The largest absolute Gasteiger partial charge is 0.506 e. The van der Waals surface area contributed by atoms with Crippen LogP contribution in [-0.4, -0.2) is 28.3 Å². The molecule has 1 aromatic heterocycles.